The molecule has 2 atom stereocenters. The monoisotopic (exact) mass is 399 g/mol. The van der Waals surface area contributed by atoms with E-state index < -0.39 is 0 Å². The van der Waals surface area contributed by atoms with Crippen LogP contribution in [0.5, 0.6) is 0 Å². The Kier molecular flexibility index (Phi) is 5.54. The lowest BCUT2D eigenvalue weighted by Gasteiger charge is -2.42. The van der Waals surface area contributed by atoms with Gasteiger partial charge in [0.05, 0.1) is 17.4 Å². The van der Waals surface area contributed by atoms with E-state index in [4.69, 9.17) is 0 Å². The zero-order valence-electron chi connectivity index (χ0n) is 16.9. The fourth-order valence-electron chi connectivity index (χ4n) is 4.56. The molecule has 1 amide bonds. The van der Waals surface area contributed by atoms with Crippen molar-refractivity contribution in [2.24, 2.45) is 0 Å². The summed E-state index contributed by atoms with van der Waals surface area (Å²) in [5.74, 6) is -0.625. The second kappa shape index (κ2) is 8.11. The van der Waals surface area contributed by atoms with Crippen LogP contribution in [-0.4, -0.2) is 42.5 Å². The van der Waals surface area contributed by atoms with Gasteiger partial charge in [-0.1, -0.05) is 6.42 Å². The van der Waals surface area contributed by atoms with E-state index >= 15 is 0 Å². The van der Waals surface area contributed by atoms with E-state index in [1.54, 1.807) is 23.1 Å². The quantitative estimate of drug-likeness (QED) is 0.748. The maximum atomic E-state index is 14.1. The van der Waals surface area contributed by atoms with Gasteiger partial charge in [-0.05, 0) is 75.7 Å². The average Bonchev–Trinajstić information content (AvgIpc) is 2.73. The number of likely N-dealkylation sites (tertiary alicyclic amines) is 1. The third kappa shape index (κ3) is 3.86. The van der Waals surface area contributed by atoms with Gasteiger partial charge in [0.15, 0.2) is 0 Å². The molecule has 0 aromatic heterocycles. The number of halogens is 2. The minimum Gasteiger partial charge on any atom is -0.338 e. The summed E-state index contributed by atoms with van der Waals surface area (Å²) in [5.41, 5.74) is 2.11. The molecule has 4 nitrogen and oxygen atoms in total. The SMILES string of the molecule is CC1CCCCN1C(C)C(=O)N1CCN(c2ccc(F)cc2)c2cc(F)ccc21. The third-order valence-electron chi connectivity index (χ3n) is 6.18. The van der Waals surface area contributed by atoms with Crippen molar-refractivity contribution >= 4 is 23.0 Å². The molecule has 2 heterocycles. The smallest absolute Gasteiger partial charge is 0.244 e. The molecule has 1 saturated heterocycles. The van der Waals surface area contributed by atoms with E-state index in [0.717, 1.165) is 25.1 Å². The number of fused-ring (bicyclic) bond motifs is 1. The van der Waals surface area contributed by atoms with Crippen LogP contribution in [0.1, 0.15) is 33.1 Å². The van der Waals surface area contributed by atoms with E-state index in [9.17, 15) is 13.6 Å². The van der Waals surface area contributed by atoms with Gasteiger partial charge in [-0.15, -0.1) is 0 Å². The molecule has 154 valence electrons. The highest BCUT2D eigenvalue weighted by Crippen LogP contribution is 2.39. The predicted molar refractivity (Wildman–Crippen MR) is 112 cm³/mol. The number of amides is 1. The summed E-state index contributed by atoms with van der Waals surface area (Å²) in [6.45, 7) is 6.11. The van der Waals surface area contributed by atoms with Gasteiger partial charge in [-0.25, -0.2) is 8.78 Å². The summed E-state index contributed by atoms with van der Waals surface area (Å²) in [6, 6.07) is 10.8. The van der Waals surface area contributed by atoms with Crippen LogP contribution in [0, 0.1) is 11.6 Å². The van der Waals surface area contributed by atoms with Crippen LogP contribution in [0.3, 0.4) is 0 Å². The molecule has 2 aliphatic heterocycles. The topological polar surface area (TPSA) is 26.8 Å². The molecule has 0 N–H and O–H groups in total. The second-order valence-electron chi connectivity index (χ2n) is 8.01. The van der Waals surface area contributed by atoms with Gasteiger partial charge in [-0.3, -0.25) is 9.69 Å². The van der Waals surface area contributed by atoms with E-state index in [0.29, 0.717) is 30.5 Å². The molecule has 0 saturated carbocycles. The van der Waals surface area contributed by atoms with E-state index in [1.165, 1.54) is 30.7 Å². The second-order valence-corrected chi connectivity index (χ2v) is 8.01. The Labute approximate surface area is 170 Å². The lowest BCUT2D eigenvalue weighted by Crippen LogP contribution is -2.54. The Hall–Kier alpha value is -2.47. The molecular weight excluding hydrogens is 372 g/mol. The Balaban J connectivity index is 1.64. The van der Waals surface area contributed by atoms with Crippen LogP contribution in [0.25, 0.3) is 0 Å². The lowest BCUT2D eigenvalue weighted by atomic mass is 10.0. The van der Waals surface area contributed by atoms with Crippen molar-refractivity contribution < 1.29 is 13.6 Å². The van der Waals surface area contributed by atoms with Crippen molar-refractivity contribution in [1.82, 2.24) is 4.90 Å². The maximum Gasteiger partial charge on any atom is 0.244 e. The lowest BCUT2D eigenvalue weighted by molar-refractivity contribution is -0.124. The zero-order valence-corrected chi connectivity index (χ0v) is 16.9. The summed E-state index contributed by atoms with van der Waals surface area (Å²) in [5, 5.41) is 0. The van der Waals surface area contributed by atoms with Crippen LogP contribution in [0.4, 0.5) is 25.8 Å². The minimum atomic E-state index is -0.358. The van der Waals surface area contributed by atoms with Crippen molar-refractivity contribution in [1.29, 1.82) is 0 Å². The number of hydrogen-bond acceptors (Lipinski definition) is 3. The first-order valence-corrected chi connectivity index (χ1v) is 10.4. The molecule has 2 unspecified atom stereocenters. The van der Waals surface area contributed by atoms with Crippen molar-refractivity contribution in [3.63, 3.8) is 0 Å². The van der Waals surface area contributed by atoms with E-state index in [-0.39, 0.29) is 23.6 Å². The predicted octanol–water partition coefficient (Wildman–Crippen LogP) is 4.71. The van der Waals surface area contributed by atoms with Crippen molar-refractivity contribution in [3.05, 3.63) is 54.1 Å². The Bertz CT molecular complexity index is 886. The molecular formula is C23H27F2N3O. The molecule has 29 heavy (non-hydrogen) atoms. The van der Waals surface area contributed by atoms with Gasteiger partial charge < -0.3 is 9.80 Å². The number of piperidine rings is 1. The van der Waals surface area contributed by atoms with Gasteiger partial charge in [0.25, 0.3) is 0 Å². The van der Waals surface area contributed by atoms with E-state index in [2.05, 4.69) is 11.8 Å². The van der Waals surface area contributed by atoms with Crippen molar-refractivity contribution in [3.8, 4) is 0 Å². The molecule has 2 aromatic rings. The van der Waals surface area contributed by atoms with E-state index in [1.807, 2.05) is 11.8 Å². The van der Waals surface area contributed by atoms with Crippen LogP contribution < -0.4 is 9.80 Å². The molecule has 6 heteroatoms. The molecule has 4 rings (SSSR count). The summed E-state index contributed by atoms with van der Waals surface area (Å²) in [6.07, 6.45) is 3.43. The van der Waals surface area contributed by atoms with Gasteiger partial charge >= 0.3 is 0 Å². The highest BCUT2D eigenvalue weighted by molar-refractivity contribution is 6.01. The average molecular weight is 399 g/mol. The van der Waals surface area contributed by atoms with Gasteiger partial charge in [0.2, 0.25) is 5.91 Å². The number of hydrogen-bond donors (Lipinski definition) is 0. The number of rotatable bonds is 3. The molecule has 0 spiro atoms. The highest BCUT2D eigenvalue weighted by Gasteiger charge is 2.34. The third-order valence-corrected chi connectivity index (χ3v) is 6.18. The Morgan fingerprint density at radius 3 is 2.41 bits per heavy atom. The molecule has 1 fully saturated rings. The normalized spacial score (nSPS) is 21.0. The number of anilines is 3. The molecule has 0 aliphatic carbocycles. The van der Waals surface area contributed by atoms with Gasteiger partial charge in [0.1, 0.15) is 11.6 Å². The molecule has 2 aromatic carbocycles. The first-order valence-electron chi connectivity index (χ1n) is 10.4. The minimum absolute atomic E-state index is 0.0466. The number of benzene rings is 2. The van der Waals surface area contributed by atoms with Crippen molar-refractivity contribution in [2.75, 3.05) is 29.4 Å². The van der Waals surface area contributed by atoms with Crippen LogP contribution >= 0.6 is 0 Å². The largest absolute Gasteiger partial charge is 0.338 e. The molecule has 0 radical (unpaired) electrons. The summed E-state index contributed by atoms with van der Waals surface area (Å²) < 4.78 is 27.4. The van der Waals surface area contributed by atoms with Gasteiger partial charge in [0, 0.05) is 24.8 Å². The zero-order chi connectivity index (χ0) is 20.5. The summed E-state index contributed by atoms with van der Waals surface area (Å²) in [7, 11) is 0. The summed E-state index contributed by atoms with van der Waals surface area (Å²) in [4.78, 5) is 19.4. The van der Waals surface area contributed by atoms with Crippen LogP contribution in [-0.2, 0) is 4.79 Å². The Morgan fingerprint density at radius 1 is 0.966 bits per heavy atom. The maximum absolute atomic E-state index is 14.1. The fraction of sp³-hybridized carbons (Fsp3) is 0.435. The first-order chi connectivity index (χ1) is 14.0. The fourth-order valence-corrected chi connectivity index (χ4v) is 4.56. The standard InChI is InChI=1S/C23H27F2N3O/c1-16-5-3-4-12-26(16)17(2)23(29)28-14-13-27(20-9-6-18(24)7-10-20)22-15-19(25)8-11-21(22)28/h6-11,15-17H,3-5,12-14H2,1-2H3. The Morgan fingerprint density at radius 2 is 1.69 bits per heavy atom. The van der Waals surface area contributed by atoms with Crippen LogP contribution in [0.15, 0.2) is 42.5 Å². The van der Waals surface area contributed by atoms with Crippen molar-refractivity contribution in [2.45, 2.75) is 45.2 Å². The molecule has 0 bridgehead atoms. The molecule has 2 aliphatic rings. The number of carbonyl (C=O) groups excluding carboxylic acids is 1. The number of nitrogens with zero attached hydrogens (tertiary/aromatic N) is 3. The van der Waals surface area contributed by atoms with Gasteiger partial charge in [-0.2, -0.15) is 0 Å². The number of carbonyl (C=O) groups is 1. The highest BCUT2D eigenvalue weighted by atomic mass is 19.1. The first kappa shape index (κ1) is 19.8. The van der Waals surface area contributed by atoms with Crippen LogP contribution in [0.2, 0.25) is 0 Å². The summed E-state index contributed by atoms with van der Waals surface area (Å²) >= 11 is 0.